The molecular formula is C37H31N4P2+. The van der Waals surface area contributed by atoms with Gasteiger partial charge in [-0.05, 0) is 33.4 Å². The van der Waals surface area contributed by atoms with Crippen molar-refractivity contribution in [2.75, 3.05) is 0 Å². The molecule has 0 aliphatic heterocycles. The summed E-state index contributed by atoms with van der Waals surface area (Å²) in [6, 6.07) is 52.0. The van der Waals surface area contributed by atoms with Crippen molar-refractivity contribution in [1.29, 1.82) is 0 Å². The van der Waals surface area contributed by atoms with Crippen LogP contribution in [-0.4, -0.2) is 14.1 Å². The third-order valence-corrected chi connectivity index (χ3v) is 12.4. The SMILES string of the molecule is C[n+]1ccn(-c2ccccc2-n2ccnc2P(c2ccccc2)c2ccccc2)c1P(c1ccccc1)c1ccccc1. The minimum Gasteiger partial charge on any atom is -0.295 e. The van der Waals surface area contributed by atoms with Gasteiger partial charge in [-0.3, -0.25) is 4.57 Å². The van der Waals surface area contributed by atoms with Gasteiger partial charge < -0.3 is 0 Å². The average Bonchev–Trinajstić information content (AvgIpc) is 3.70. The molecule has 0 fully saturated rings. The summed E-state index contributed by atoms with van der Waals surface area (Å²) in [6.07, 6.45) is 8.41. The number of nitrogens with zero attached hydrogens (tertiary/aromatic N) is 4. The van der Waals surface area contributed by atoms with Gasteiger partial charge in [-0.1, -0.05) is 133 Å². The predicted molar refractivity (Wildman–Crippen MR) is 181 cm³/mol. The Balaban J connectivity index is 1.41. The van der Waals surface area contributed by atoms with E-state index in [0.717, 1.165) is 16.9 Å². The largest absolute Gasteiger partial charge is 0.295 e. The fourth-order valence-corrected chi connectivity index (χ4v) is 10.3. The zero-order chi connectivity index (χ0) is 29.0. The predicted octanol–water partition coefficient (Wildman–Crippen LogP) is 5.00. The molecule has 0 aliphatic carbocycles. The van der Waals surface area contributed by atoms with Crippen LogP contribution in [0.3, 0.4) is 0 Å². The van der Waals surface area contributed by atoms with Gasteiger partial charge in [0.25, 0.3) is 5.57 Å². The van der Waals surface area contributed by atoms with Crippen molar-refractivity contribution in [2.45, 2.75) is 0 Å². The fourth-order valence-electron chi connectivity index (χ4n) is 5.51. The number of aromatic nitrogens is 4. The minimum absolute atomic E-state index is 0.831. The van der Waals surface area contributed by atoms with E-state index in [2.05, 4.69) is 185 Å². The second kappa shape index (κ2) is 12.3. The number of aryl methyl sites for hydroxylation is 1. The number of rotatable bonds is 8. The molecule has 2 aromatic heterocycles. The van der Waals surface area contributed by atoms with Crippen LogP contribution in [-0.2, 0) is 7.05 Å². The molecule has 43 heavy (non-hydrogen) atoms. The van der Waals surface area contributed by atoms with Crippen molar-refractivity contribution in [2.24, 2.45) is 7.05 Å². The maximum absolute atomic E-state index is 5.02. The molecule has 0 saturated heterocycles. The molecular weight excluding hydrogens is 562 g/mol. The lowest BCUT2D eigenvalue weighted by molar-refractivity contribution is -0.652. The first-order chi connectivity index (χ1) is 21.3. The molecule has 7 aromatic rings. The summed E-state index contributed by atoms with van der Waals surface area (Å²) in [6.45, 7) is 0. The lowest BCUT2D eigenvalue weighted by atomic mass is 10.2. The van der Waals surface area contributed by atoms with Crippen LogP contribution in [0.4, 0.5) is 0 Å². The molecule has 0 unspecified atom stereocenters. The van der Waals surface area contributed by atoms with Gasteiger partial charge in [0.1, 0.15) is 18.0 Å². The monoisotopic (exact) mass is 593 g/mol. The maximum Gasteiger partial charge on any atom is 0.290 e. The Morgan fingerprint density at radius 2 is 0.907 bits per heavy atom. The first-order valence-corrected chi connectivity index (χ1v) is 17.0. The highest BCUT2D eigenvalue weighted by atomic mass is 31.1. The molecule has 4 nitrogen and oxygen atoms in total. The van der Waals surface area contributed by atoms with E-state index in [1.165, 1.54) is 26.8 Å². The molecule has 0 radical (unpaired) electrons. The molecule has 0 spiro atoms. The number of imidazole rings is 2. The van der Waals surface area contributed by atoms with Gasteiger partial charge in [-0.25, -0.2) is 9.55 Å². The summed E-state index contributed by atoms with van der Waals surface area (Å²) in [7, 11) is 0.443. The van der Waals surface area contributed by atoms with E-state index in [1.54, 1.807) is 0 Å². The molecule has 0 saturated carbocycles. The van der Waals surface area contributed by atoms with Gasteiger partial charge in [0.15, 0.2) is 5.69 Å². The first kappa shape index (κ1) is 27.2. The normalized spacial score (nSPS) is 11.3. The maximum atomic E-state index is 5.02. The summed E-state index contributed by atoms with van der Waals surface area (Å²) in [5, 5.41) is 5.19. The second-order valence-electron chi connectivity index (χ2n) is 10.2. The van der Waals surface area contributed by atoms with Crippen LogP contribution in [0, 0.1) is 0 Å². The van der Waals surface area contributed by atoms with Gasteiger partial charge in [0, 0.05) is 20.3 Å². The molecule has 7 rings (SSSR count). The van der Waals surface area contributed by atoms with E-state index >= 15 is 0 Å². The zero-order valence-corrected chi connectivity index (χ0v) is 25.6. The van der Waals surface area contributed by atoms with Crippen LogP contribution in [0.5, 0.6) is 0 Å². The molecule has 208 valence electrons. The molecule has 0 aliphatic rings. The molecule has 0 atom stereocenters. The zero-order valence-electron chi connectivity index (χ0n) is 23.8. The summed E-state index contributed by atoms with van der Waals surface area (Å²) < 4.78 is 6.94. The van der Waals surface area contributed by atoms with Gasteiger partial charge in [0.2, 0.25) is 0 Å². The first-order valence-electron chi connectivity index (χ1n) is 14.3. The number of benzene rings is 5. The highest BCUT2D eigenvalue weighted by Crippen LogP contribution is 2.35. The molecule has 5 aromatic carbocycles. The molecule has 2 heterocycles. The third kappa shape index (κ3) is 5.37. The highest BCUT2D eigenvalue weighted by molar-refractivity contribution is 7.79. The van der Waals surface area contributed by atoms with E-state index in [4.69, 9.17) is 4.98 Å². The lowest BCUT2D eigenvalue weighted by Crippen LogP contribution is -2.47. The number of hydrogen-bond donors (Lipinski definition) is 0. The van der Waals surface area contributed by atoms with E-state index in [0.29, 0.717) is 0 Å². The van der Waals surface area contributed by atoms with Crippen LogP contribution >= 0.6 is 15.8 Å². The smallest absolute Gasteiger partial charge is 0.290 e. The Labute approximate surface area is 255 Å². The average molecular weight is 594 g/mol. The Morgan fingerprint density at radius 3 is 1.40 bits per heavy atom. The van der Waals surface area contributed by atoms with Crippen molar-refractivity contribution in [3.63, 3.8) is 0 Å². The van der Waals surface area contributed by atoms with Crippen LogP contribution in [0.25, 0.3) is 11.4 Å². The van der Waals surface area contributed by atoms with E-state index in [9.17, 15) is 0 Å². The molecule has 6 heteroatoms. The van der Waals surface area contributed by atoms with Crippen molar-refractivity contribution < 1.29 is 4.57 Å². The number of para-hydroxylation sites is 2. The summed E-state index contributed by atoms with van der Waals surface area (Å²) in [5.74, 6) is 0. The minimum atomic E-state index is -0.880. The summed E-state index contributed by atoms with van der Waals surface area (Å²) in [4.78, 5) is 5.02. The van der Waals surface area contributed by atoms with Crippen LogP contribution in [0.15, 0.2) is 170 Å². The summed E-state index contributed by atoms with van der Waals surface area (Å²) in [5.41, 5.74) is 4.51. The van der Waals surface area contributed by atoms with E-state index < -0.39 is 15.8 Å². The van der Waals surface area contributed by atoms with Gasteiger partial charge in [0.05, 0.1) is 20.7 Å². The Bertz CT molecular complexity index is 1860. The Morgan fingerprint density at radius 1 is 0.488 bits per heavy atom. The molecule has 0 bridgehead atoms. The lowest BCUT2D eigenvalue weighted by Gasteiger charge is -2.21. The van der Waals surface area contributed by atoms with E-state index in [-0.39, 0.29) is 0 Å². The molecule has 0 amide bonds. The van der Waals surface area contributed by atoms with Crippen LogP contribution in [0.1, 0.15) is 0 Å². The van der Waals surface area contributed by atoms with Crippen molar-refractivity contribution in [1.82, 2.24) is 14.1 Å². The van der Waals surface area contributed by atoms with E-state index in [1.807, 2.05) is 6.20 Å². The standard InChI is InChI=1S/C37H31N4P2/c1-39-28-29-41(37(39)43(32-20-10-4-11-21-32)33-22-12-5-13-23-33)35-25-15-14-24-34(35)40-27-26-38-36(40)42(30-16-6-2-7-17-30)31-18-8-3-9-19-31/h2-29H,1H3/q+1. The van der Waals surface area contributed by atoms with Gasteiger partial charge in [-0.2, -0.15) is 4.57 Å². The van der Waals surface area contributed by atoms with Crippen molar-refractivity contribution in [3.05, 3.63) is 170 Å². The summed E-state index contributed by atoms with van der Waals surface area (Å²) >= 11 is 0. The third-order valence-electron chi connectivity index (χ3n) is 7.45. The topological polar surface area (TPSA) is 26.6 Å². The second-order valence-corrected chi connectivity index (χ2v) is 14.4. The molecule has 0 N–H and O–H groups in total. The van der Waals surface area contributed by atoms with Crippen LogP contribution < -0.4 is 36.9 Å². The van der Waals surface area contributed by atoms with Gasteiger partial charge in [-0.15, -0.1) is 0 Å². The fraction of sp³-hybridized carbons (Fsp3) is 0.0270. The quantitative estimate of drug-likeness (QED) is 0.180. The Hall–Kier alpha value is -4.62. The Kier molecular flexibility index (Phi) is 7.80. The van der Waals surface area contributed by atoms with Gasteiger partial charge >= 0.3 is 0 Å². The van der Waals surface area contributed by atoms with Crippen molar-refractivity contribution in [3.8, 4) is 11.4 Å². The van der Waals surface area contributed by atoms with Crippen molar-refractivity contribution >= 4 is 48.2 Å². The highest BCUT2D eigenvalue weighted by Gasteiger charge is 2.32. The van der Waals surface area contributed by atoms with Crippen LogP contribution in [0.2, 0.25) is 0 Å². The number of hydrogen-bond acceptors (Lipinski definition) is 1.